The number of nitrogens with one attached hydrogen (secondary N) is 1. The zero-order valence-electron chi connectivity index (χ0n) is 44.4. The summed E-state index contributed by atoms with van der Waals surface area (Å²) in [6.07, 6.45) is 17.2. The lowest BCUT2D eigenvalue weighted by Gasteiger charge is -2.23. The number of ether oxygens (including phenoxy) is 1. The Bertz CT molecular complexity index is 2600. The Balaban J connectivity index is 0.00000113. The number of carbonyl (C=O) groups excluding carboxylic acids is 2. The lowest BCUT2D eigenvalue weighted by molar-refractivity contribution is -0.107. The number of benzene rings is 3. The van der Waals surface area contributed by atoms with Crippen molar-refractivity contribution in [2.75, 3.05) is 29.9 Å². The Labute approximate surface area is 446 Å². The summed E-state index contributed by atoms with van der Waals surface area (Å²) in [6.45, 7) is 26.6. The van der Waals surface area contributed by atoms with Crippen LogP contribution in [-0.4, -0.2) is 36.9 Å². The minimum atomic E-state index is -0.257. The highest BCUT2D eigenvalue weighted by Gasteiger charge is 2.18. The van der Waals surface area contributed by atoms with E-state index in [2.05, 4.69) is 42.7 Å². The van der Waals surface area contributed by atoms with Gasteiger partial charge in [0.15, 0.2) is 0 Å². The average molecular weight is 1010 g/mol. The highest BCUT2D eigenvalue weighted by Crippen LogP contribution is 2.25. The first-order chi connectivity index (χ1) is 36.6. The van der Waals surface area contributed by atoms with Crippen LogP contribution in [0.3, 0.4) is 0 Å². The maximum Gasteiger partial charge on any atom is 0.282 e. The zero-order chi connectivity index (χ0) is 55.9. The van der Waals surface area contributed by atoms with Crippen molar-refractivity contribution >= 4 is 29.3 Å². The Morgan fingerprint density at radius 3 is 1.51 bits per heavy atom. The van der Waals surface area contributed by atoms with E-state index in [1.807, 2.05) is 42.2 Å². The van der Waals surface area contributed by atoms with E-state index in [4.69, 9.17) is 44.2 Å². The van der Waals surface area contributed by atoms with Crippen LogP contribution < -0.4 is 15.0 Å². The van der Waals surface area contributed by atoms with Crippen LogP contribution in [-0.2, 0) is 4.79 Å². The molecule has 0 unspecified atom stereocenters. The minimum absolute atomic E-state index is 0.0154. The van der Waals surface area contributed by atoms with Crippen LogP contribution in [0.25, 0.3) is 15.3 Å². The van der Waals surface area contributed by atoms with Gasteiger partial charge in [-0.2, -0.15) is 26.3 Å². The molecule has 0 bridgehead atoms. The molecule has 1 N–H and O–H groups in total. The maximum absolute atomic E-state index is 13.3. The fourth-order valence-electron chi connectivity index (χ4n) is 6.83. The predicted molar refractivity (Wildman–Crippen MR) is 293 cm³/mol. The fourth-order valence-corrected chi connectivity index (χ4v) is 6.83. The molecule has 0 aliphatic carbocycles. The number of allylic oxidation sites excluding steroid dienone is 6. The van der Waals surface area contributed by atoms with Gasteiger partial charge in [0.1, 0.15) is 23.5 Å². The van der Waals surface area contributed by atoms with Crippen molar-refractivity contribution < 1.29 is 14.3 Å². The van der Waals surface area contributed by atoms with Crippen LogP contribution in [0.15, 0.2) is 107 Å². The van der Waals surface area contributed by atoms with E-state index in [-0.39, 0.29) is 47.8 Å². The van der Waals surface area contributed by atoms with Gasteiger partial charge in [0.25, 0.3) is 17.3 Å². The van der Waals surface area contributed by atoms with Gasteiger partial charge in [0, 0.05) is 41.3 Å². The van der Waals surface area contributed by atoms with Gasteiger partial charge >= 0.3 is 0 Å². The SMILES string of the molecule is CCCC.CCCCCCCCN(CCCCCCCC)C(=O)c1ccc(C(CC#N)=C(C#N)C#N)cc1.[C-]#[N+]/C(C#N)=C(/CC#N)N(C=O)c1ccccc1.[C-]#[N+]/C(C#N)=C(/CC#N)Nc1ccc(OCC)cc1. The number of hydrogen-bond donors (Lipinski definition) is 1. The minimum Gasteiger partial charge on any atom is -0.494 e. The van der Waals surface area contributed by atoms with E-state index >= 15 is 0 Å². The lowest BCUT2D eigenvalue weighted by atomic mass is 9.97. The highest BCUT2D eigenvalue weighted by atomic mass is 16.5. The Morgan fingerprint density at radius 1 is 0.587 bits per heavy atom. The molecule has 15 heteroatoms. The van der Waals surface area contributed by atoms with Crippen LogP contribution >= 0.6 is 0 Å². The van der Waals surface area contributed by atoms with E-state index < -0.39 is 0 Å². The van der Waals surface area contributed by atoms with Crippen LogP contribution in [0.2, 0.25) is 0 Å². The number of para-hydroxylation sites is 1. The van der Waals surface area contributed by atoms with Crippen LogP contribution in [0.1, 0.15) is 160 Å². The summed E-state index contributed by atoms with van der Waals surface area (Å²) >= 11 is 0. The third kappa shape index (κ3) is 26.7. The van der Waals surface area contributed by atoms with E-state index in [1.165, 1.54) is 64.2 Å². The molecule has 0 aliphatic heterocycles. The van der Waals surface area contributed by atoms with Gasteiger partial charge in [0.05, 0.1) is 75.1 Å². The molecular weight excluding hydrogens is 937 g/mol. The third-order valence-electron chi connectivity index (χ3n) is 11.0. The molecule has 0 aromatic heterocycles. The standard InChI is InChI=1S/C29H40N4O.C14H12N4O.C13H8N4O.C4H10/c1-3-5-7-9-11-13-21-33(22-14-12-10-8-6-4-2)29(34)26-17-15-25(16-18-26)28(19-20-30)27(23-31)24-32;1-3-19-12-6-4-11(5-7-12)18-13(8-9-15)14(10-16)17-2;1-16-12(9-15)13(7-8-14)17(10-18)11-5-3-2-4-6-11;1-3-4-2/h15-18H,3-14,19,21-22H2,1-2H3;4-7,18H,3,8H2,1H3;2-6,10H,7H2;3-4H2,1-2H3/b;14-13-;13-12-;. The van der Waals surface area contributed by atoms with Crippen molar-refractivity contribution in [3.63, 3.8) is 0 Å². The van der Waals surface area contributed by atoms with E-state index in [9.17, 15) is 20.1 Å². The normalized spacial score (nSPS) is 10.1. The largest absolute Gasteiger partial charge is 0.494 e. The second kappa shape index (κ2) is 43.6. The van der Waals surface area contributed by atoms with Gasteiger partial charge < -0.3 is 15.0 Å². The predicted octanol–water partition coefficient (Wildman–Crippen LogP) is 14.7. The average Bonchev–Trinajstić information content (AvgIpc) is 3.44. The summed E-state index contributed by atoms with van der Waals surface area (Å²) in [5.74, 6) is 0.768. The summed E-state index contributed by atoms with van der Waals surface area (Å²) < 4.78 is 5.31. The molecule has 388 valence electrons. The number of nitrogens with zero attached hydrogens (tertiary/aromatic N) is 11. The molecular formula is C60H70N12O3. The van der Waals surface area contributed by atoms with Crippen LogP contribution in [0.4, 0.5) is 11.4 Å². The van der Waals surface area contributed by atoms with Gasteiger partial charge in [-0.15, -0.1) is 0 Å². The van der Waals surface area contributed by atoms with Gasteiger partial charge in [0.2, 0.25) is 6.41 Å². The van der Waals surface area contributed by atoms with Gasteiger partial charge in [-0.1, -0.05) is 135 Å². The van der Waals surface area contributed by atoms with E-state index in [0.717, 1.165) is 49.4 Å². The molecule has 0 atom stereocenters. The number of nitriles is 7. The number of rotatable bonds is 27. The Morgan fingerprint density at radius 2 is 1.08 bits per heavy atom. The third-order valence-corrected chi connectivity index (χ3v) is 11.0. The summed E-state index contributed by atoms with van der Waals surface area (Å²) in [4.78, 5) is 33.7. The monoisotopic (exact) mass is 1010 g/mol. The van der Waals surface area contributed by atoms with Crippen LogP contribution in [0, 0.1) is 92.5 Å². The molecule has 0 heterocycles. The first kappa shape index (κ1) is 65.8. The lowest BCUT2D eigenvalue weighted by Crippen LogP contribution is -2.33. The molecule has 0 fully saturated rings. The van der Waals surface area contributed by atoms with Crippen molar-refractivity contribution in [3.05, 3.63) is 141 Å². The number of unbranched alkanes of at least 4 members (excludes halogenated alkanes) is 11. The topological polar surface area (TPSA) is 237 Å². The van der Waals surface area contributed by atoms with Gasteiger partial charge in [-0.3, -0.25) is 14.5 Å². The molecule has 0 aliphatic rings. The van der Waals surface area contributed by atoms with Crippen molar-refractivity contribution in [1.82, 2.24) is 4.90 Å². The van der Waals surface area contributed by atoms with Gasteiger partial charge in [-0.05, 0) is 73.9 Å². The van der Waals surface area contributed by atoms with Gasteiger partial charge in [-0.25, -0.2) is 20.2 Å². The van der Waals surface area contributed by atoms with Crippen molar-refractivity contribution in [2.24, 2.45) is 0 Å². The quantitative estimate of drug-likeness (QED) is 0.0326. The second-order valence-electron chi connectivity index (χ2n) is 16.4. The summed E-state index contributed by atoms with van der Waals surface area (Å²) in [5.41, 5.74) is 2.83. The molecule has 3 aromatic carbocycles. The van der Waals surface area contributed by atoms with E-state index in [0.29, 0.717) is 46.8 Å². The molecule has 0 spiro atoms. The zero-order valence-corrected chi connectivity index (χ0v) is 44.4. The summed E-state index contributed by atoms with van der Waals surface area (Å²) in [6, 6.07) is 35.6. The van der Waals surface area contributed by atoms with Crippen molar-refractivity contribution in [1.29, 1.82) is 36.8 Å². The Hall–Kier alpha value is -9.17. The summed E-state index contributed by atoms with van der Waals surface area (Å²) in [5, 5.41) is 65.5. The second-order valence-corrected chi connectivity index (χ2v) is 16.4. The first-order valence-electron chi connectivity index (χ1n) is 25.4. The number of hydrogen-bond acceptors (Lipinski definition) is 11. The fraction of sp³-hybridized carbons (Fsp3) is 0.417. The molecule has 0 radical (unpaired) electrons. The van der Waals surface area contributed by atoms with Crippen molar-refractivity contribution in [3.8, 4) is 48.2 Å². The summed E-state index contributed by atoms with van der Waals surface area (Å²) in [7, 11) is 0. The number of amides is 2. The number of anilines is 2. The molecule has 3 aromatic rings. The molecule has 75 heavy (non-hydrogen) atoms. The molecule has 0 saturated heterocycles. The van der Waals surface area contributed by atoms with Crippen molar-refractivity contribution in [2.45, 2.75) is 144 Å². The van der Waals surface area contributed by atoms with E-state index in [1.54, 1.807) is 91.0 Å². The first-order valence-corrected chi connectivity index (χ1v) is 25.4. The smallest absolute Gasteiger partial charge is 0.282 e. The van der Waals surface area contributed by atoms with Crippen LogP contribution in [0.5, 0.6) is 5.75 Å². The molecule has 15 nitrogen and oxygen atoms in total. The number of carbonyl (C=O) groups is 2. The molecule has 3 rings (SSSR count). The molecule has 0 saturated carbocycles. The molecule has 2 amide bonds. The Kier molecular flexibility index (Phi) is 38.3. The highest BCUT2D eigenvalue weighted by molar-refractivity contribution is 5.94. The maximum atomic E-state index is 13.3.